The predicted octanol–water partition coefficient (Wildman–Crippen LogP) is 5.51. The third kappa shape index (κ3) is 6.76. The molecule has 3 N–H and O–H groups in total. The molecule has 11 nitrogen and oxygen atoms in total. The molecule has 0 amide bonds. The van der Waals surface area contributed by atoms with Crippen LogP contribution in [0.3, 0.4) is 0 Å². The average molecular weight is 734 g/mol. The van der Waals surface area contributed by atoms with Crippen LogP contribution >= 0.6 is 75.8 Å². The van der Waals surface area contributed by atoms with Crippen molar-refractivity contribution in [2.75, 3.05) is 10.3 Å². The van der Waals surface area contributed by atoms with E-state index in [-0.39, 0.29) is 20.3 Å². The molecular weight excluding hydrogens is 724 g/mol. The molecule has 2 aromatic carbocycles. The highest BCUT2D eigenvalue weighted by molar-refractivity contribution is 9.11. The molecule has 2 aromatic rings. The van der Waals surface area contributed by atoms with Crippen molar-refractivity contribution in [2.24, 2.45) is 0 Å². The number of carbonyl (C=O) groups is 1. The van der Waals surface area contributed by atoms with Crippen molar-refractivity contribution in [3.63, 3.8) is 0 Å². The summed E-state index contributed by atoms with van der Waals surface area (Å²) in [5, 5.41) is 23.9. The Morgan fingerprint density at radius 1 is 1.00 bits per heavy atom. The Morgan fingerprint density at radius 3 is 1.90 bits per heavy atom. The van der Waals surface area contributed by atoms with Gasteiger partial charge in [-0.15, -0.1) is 9.51 Å². The van der Waals surface area contributed by atoms with Gasteiger partial charge < -0.3 is 4.84 Å². The molecule has 0 fully saturated rings. The van der Waals surface area contributed by atoms with E-state index in [1.807, 2.05) is 0 Å². The number of benzene rings is 2. The first-order chi connectivity index (χ1) is 14.4. The van der Waals surface area contributed by atoms with Gasteiger partial charge in [-0.25, -0.2) is 10.1 Å². The van der Waals surface area contributed by atoms with Crippen molar-refractivity contribution >= 4 is 103 Å². The highest BCUT2D eigenvalue weighted by atomic mass is 79.9. The zero-order chi connectivity index (χ0) is 23.5. The van der Waals surface area contributed by atoms with Crippen LogP contribution in [0.1, 0.15) is 6.92 Å². The third-order valence-electron chi connectivity index (χ3n) is 3.22. The lowest BCUT2D eigenvalue weighted by atomic mass is 10.3. The molecule has 0 heterocycles. The summed E-state index contributed by atoms with van der Waals surface area (Å²) >= 11 is 13.5. The van der Waals surface area contributed by atoms with Crippen molar-refractivity contribution in [3.8, 4) is 0 Å². The second-order valence-corrected chi connectivity index (χ2v) is 10.9. The van der Waals surface area contributed by atoms with E-state index in [0.717, 1.165) is 19.1 Å². The molecule has 0 unspecified atom stereocenters. The zero-order valence-electron chi connectivity index (χ0n) is 14.8. The van der Waals surface area contributed by atoms with Gasteiger partial charge in [-0.3, -0.25) is 9.76 Å². The summed E-state index contributed by atoms with van der Waals surface area (Å²) < 4.78 is 37.1. The monoisotopic (exact) mass is 730 g/mol. The van der Waals surface area contributed by atoms with Crippen molar-refractivity contribution in [3.05, 3.63) is 42.2 Å². The van der Waals surface area contributed by atoms with E-state index in [2.05, 4.69) is 73.1 Å². The highest BCUT2D eigenvalue weighted by Crippen LogP contribution is 2.43. The summed E-state index contributed by atoms with van der Waals surface area (Å²) in [7, 11) is -4.52. The van der Waals surface area contributed by atoms with Gasteiger partial charge in [0.15, 0.2) is 0 Å². The van der Waals surface area contributed by atoms with E-state index in [0.29, 0.717) is 36.2 Å². The molecule has 0 radical (unpaired) electrons. The fraction of sp³-hybridized carbons (Fsp3) is 0.0714. The summed E-state index contributed by atoms with van der Waals surface area (Å²) in [5.74, 6) is -0.796. The second-order valence-electron chi connectivity index (χ2n) is 5.32. The maximum atomic E-state index is 11.7. The maximum absolute atomic E-state index is 11.7. The molecule has 2 rings (SSSR count). The van der Waals surface area contributed by atoms with Crippen LogP contribution in [0.15, 0.2) is 51.9 Å². The Labute approximate surface area is 213 Å². The van der Waals surface area contributed by atoms with Crippen LogP contribution in [-0.4, -0.2) is 29.4 Å². The minimum Gasteiger partial charge on any atom is -0.319 e. The van der Waals surface area contributed by atoms with Crippen LogP contribution in [0, 0.1) is 0 Å². The summed E-state index contributed by atoms with van der Waals surface area (Å²) in [5.41, 5.74) is 0.0486. The average Bonchev–Trinajstić information content (AvgIpc) is 2.63. The lowest BCUT2D eigenvalue weighted by Gasteiger charge is -2.32. The first kappa shape index (κ1) is 26.8. The normalized spacial score (nSPS) is 11.4. The quantitative estimate of drug-likeness (QED) is 0.136. The number of anilines is 2. The smallest absolute Gasteiger partial charge is 0.319 e. The molecule has 0 spiro atoms. The van der Waals surface area contributed by atoms with Crippen molar-refractivity contribution < 1.29 is 42.4 Å². The molecule has 170 valence electrons. The van der Waals surface area contributed by atoms with E-state index in [4.69, 9.17) is 10.1 Å². The Kier molecular flexibility index (Phi) is 9.59. The van der Waals surface area contributed by atoms with Gasteiger partial charge in [0.25, 0.3) is 10.1 Å². The van der Waals surface area contributed by atoms with E-state index in [1.165, 1.54) is 12.1 Å². The standard InChI is InChI=1S/C14H10Br4N2O9S2/c1-6(21)27-20(14-9(15)2-7(3-10(14)16)30-29-28-23)19(22)13-11(17)4-8(5-12(13)18)31(24,25)26/h2-5,22-23H,1H3,(H,24,25,26). The van der Waals surface area contributed by atoms with Gasteiger partial charge in [-0.1, -0.05) is 10.2 Å². The minimum absolute atomic E-state index is 0.0297. The van der Waals surface area contributed by atoms with Crippen LogP contribution < -0.4 is 10.3 Å². The number of hydrogen-bond acceptors (Lipinski definition) is 11. The molecule has 0 aliphatic rings. The Bertz CT molecular complexity index is 1060. The summed E-state index contributed by atoms with van der Waals surface area (Å²) in [6.07, 6.45) is 0. The van der Waals surface area contributed by atoms with E-state index >= 15 is 0 Å². The summed E-state index contributed by atoms with van der Waals surface area (Å²) in [4.78, 5) is 16.9. The number of hydrogen-bond donors (Lipinski definition) is 3. The number of hydrazine groups is 1. The van der Waals surface area contributed by atoms with E-state index in [1.54, 1.807) is 0 Å². The van der Waals surface area contributed by atoms with Crippen molar-refractivity contribution in [1.29, 1.82) is 0 Å². The molecule has 0 saturated heterocycles. The van der Waals surface area contributed by atoms with E-state index < -0.39 is 21.0 Å². The molecule has 0 aromatic heterocycles. The van der Waals surface area contributed by atoms with Gasteiger partial charge in [0.2, 0.25) is 0 Å². The van der Waals surface area contributed by atoms with Crippen LogP contribution in [0.25, 0.3) is 0 Å². The fourth-order valence-electron chi connectivity index (χ4n) is 2.10. The molecule has 0 saturated carbocycles. The Morgan fingerprint density at radius 2 is 1.48 bits per heavy atom. The predicted molar refractivity (Wildman–Crippen MR) is 123 cm³/mol. The molecule has 31 heavy (non-hydrogen) atoms. The van der Waals surface area contributed by atoms with Crippen LogP contribution in [-0.2, 0) is 29.1 Å². The van der Waals surface area contributed by atoms with Gasteiger partial charge >= 0.3 is 5.97 Å². The topological polar surface area (TPSA) is 146 Å². The largest absolute Gasteiger partial charge is 0.331 e. The second kappa shape index (κ2) is 11.1. The summed E-state index contributed by atoms with van der Waals surface area (Å²) in [6, 6.07) is 5.08. The minimum atomic E-state index is -4.52. The lowest BCUT2D eigenvalue weighted by Crippen LogP contribution is -2.42. The first-order valence-corrected chi connectivity index (χ1v) is 12.8. The molecule has 17 heteroatoms. The zero-order valence-corrected chi connectivity index (χ0v) is 22.8. The Balaban J connectivity index is 2.59. The highest BCUT2D eigenvalue weighted by Gasteiger charge is 2.29. The first-order valence-electron chi connectivity index (χ1n) is 7.44. The van der Waals surface area contributed by atoms with Crippen LogP contribution in [0.4, 0.5) is 11.4 Å². The van der Waals surface area contributed by atoms with Gasteiger partial charge in [-0.2, -0.15) is 8.42 Å². The fourth-order valence-corrected chi connectivity index (χ4v) is 6.68. The summed E-state index contributed by atoms with van der Waals surface area (Å²) in [6.45, 7) is 1.10. The molecular formula is C14H10Br4N2O9S2. The van der Waals surface area contributed by atoms with Crippen LogP contribution in [0.2, 0.25) is 0 Å². The molecule has 0 aliphatic heterocycles. The number of halogens is 4. The van der Waals surface area contributed by atoms with Crippen molar-refractivity contribution in [1.82, 2.24) is 0 Å². The number of carbonyl (C=O) groups excluding carboxylic acids is 1. The van der Waals surface area contributed by atoms with Crippen molar-refractivity contribution in [2.45, 2.75) is 16.7 Å². The van der Waals surface area contributed by atoms with Gasteiger partial charge in [0, 0.05) is 29.7 Å². The van der Waals surface area contributed by atoms with Gasteiger partial charge in [0.05, 0.1) is 16.9 Å². The molecule has 0 bridgehead atoms. The van der Waals surface area contributed by atoms with E-state index in [9.17, 15) is 23.0 Å². The third-order valence-corrected chi connectivity index (χ3v) is 7.02. The van der Waals surface area contributed by atoms with Crippen LogP contribution in [0.5, 0.6) is 0 Å². The molecule has 0 atom stereocenters. The molecule has 0 aliphatic carbocycles. The Hall–Kier alpha value is -0.470. The maximum Gasteiger partial charge on any atom is 0.331 e. The van der Waals surface area contributed by atoms with Gasteiger partial charge in [-0.05, 0) is 88.0 Å². The van der Waals surface area contributed by atoms with Gasteiger partial charge in [0.1, 0.15) is 11.4 Å². The SMILES string of the molecule is CC(=O)ON(c1c(Br)cc(SOOO)cc1Br)N(O)c1c(Br)cc(S(=O)(=O)O)cc1Br. The lowest BCUT2D eigenvalue weighted by molar-refractivity contribution is -0.432. The number of nitrogens with zero attached hydrogens (tertiary/aromatic N) is 2. The number of rotatable bonds is 8.